The molecule has 0 aliphatic rings. The first-order chi connectivity index (χ1) is 3.70. The van der Waals surface area contributed by atoms with Gasteiger partial charge in [0, 0.05) is 0 Å². The molecule has 0 aliphatic heterocycles. The fraction of sp³-hybridized carbons (Fsp3) is 0.333. The van der Waals surface area contributed by atoms with Crippen molar-refractivity contribution in [2.24, 2.45) is 7.05 Å². The van der Waals surface area contributed by atoms with E-state index in [9.17, 15) is 5.21 Å². The Morgan fingerprint density at radius 3 is 2.75 bits per heavy atom. The topological polar surface area (TPSA) is 44.8 Å². The molecular weight excluding hydrogens is 130 g/mol. The van der Waals surface area contributed by atoms with Gasteiger partial charge in [0.15, 0.2) is 6.20 Å². The van der Waals surface area contributed by atoms with Gasteiger partial charge in [0.25, 0.3) is 5.15 Å². The van der Waals surface area contributed by atoms with Crippen LogP contribution in [0.15, 0.2) is 6.20 Å². The molecule has 1 aromatic heterocycles. The van der Waals surface area contributed by atoms with Crippen LogP contribution in [0.4, 0.5) is 0 Å². The Labute approximate surface area is 50.9 Å². The van der Waals surface area contributed by atoms with Crippen LogP contribution in [0.5, 0.6) is 0 Å². The Bertz CT molecular complexity index is 177. The summed E-state index contributed by atoms with van der Waals surface area (Å²) in [6.07, 6.45) is 1.43. The van der Waals surface area contributed by atoms with Gasteiger partial charge in [0.05, 0.1) is 5.21 Å². The highest BCUT2D eigenvalue weighted by Gasteiger charge is 2.00. The second kappa shape index (κ2) is 1.63. The average molecular weight is 134 g/mol. The molecule has 0 amide bonds. The number of nitrogens with zero attached hydrogens (tertiary/aromatic N) is 3. The van der Waals surface area contributed by atoms with Crippen LogP contribution >= 0.6 is 11.6 Å². The van der Waals surface area contributed by atoms with E-state index in [0.29, 0.717) is 4.85 Å². The molecule has 0 saturated carbocycles. The number of aromatic nitrogens is 3. The van der Waals surface area contributed by atoms with E-state index < -0.39 is 0 Å². The third kappa shape index (κ3) is 0.742. The van der Waals surface area contributed by atoms with Crippen molar-refractivity contribution >= 4 is 11.6 Å². The second-order valence-corrected chi connectivity index (χ2v) is 1.78. The highest BCUT2D eigenvalue weighted by atomic mass is 35.5. The third-order valence-electron chi connectivity index (χ3n) is 0.698. The molecule has 0 atom stereocenters. The van der Waals surface area contributed by atoms with Crippen LogP contribution in [0.1, 0.15) is 0 Å². The summed E-state index contributed by atoms with van der Waals surface area (Å²) in [4.78, 5) is 0.349. The first-order valence-corrected chi connectivity index (χ1v) is 2.37. The molecule has 5 heteroatoms. The number of hydrogen-bond acceptors (Lipinski definition) is 2. The van der Waals surface area contributed by atoms with Crippen LogP contribution in [0.2, 0.25) is 5.15 Å². The minimum atomic E-state index is 0.0903. The third-order valence-corrected chi connectivity index (χ3v) is 0.941. The molecular formula is C3H4ClN3O. The van der Waals surface area contributed by atoms with Crippen LogP contribution in [0.25, 0.3) is 0 Å². The fourth-order valence-corrected chi connectivity index (χ4v) is 0.575. The van der Waals surface area contributed by atoms with Crippen LogP contribution < -0.4 is 4.85 Å². The van der Waals surface area contributed by atoms with E-state index in [2.05, 4.69) is 5.21 Å². The van der Waals surface area contributed by atoms with Crippen molar-refractivity contribution in [1.29, 1.82) is 0 Å². The van der Waals surface area contributed by atoms with Crippen molar-refractivity contribution in [2.75, 3.05) is 0 Å². The Morgan fingerprint density at radius 1 is 2.00 bits per heavy atom. The van der Waals surface area contributed by atoms with Crippen molar-refractivity contribution < 1.29 is 4.85 Å². The van der Waals surface area contributed by atoms with Gasteiger partial charge in [-0.3, -0.25) is 0 Å². The maximum Gasteiger partial charge on any atom is 0.261 e. The summed E-state index contributed by atoms with van der Waals surface area (Å²) in [6, 6.07) is 0. The summed E-state index contributed by atoms with van der Waals surface area (Å²) < 4.78 is 1.34. The molecule has 8 heavy (non-hydrogen) atoms. The number of hydrogen-bond donors (Lipinski definition) is 0. The highest BCUT2D eigenvalue weighted by Crippen LogP contribution is 1.94. The van der Waals surface area contributed by atoms with Gasteiger partial charge in [-0.15, -0.1) is 9.53 Å². The number of halogens is 1. The molecule has 0 spiro atoms. The summed E-state index contributed by atoms with van der Waals surface area (Å²) in [5.74, 6) is 0. The summed E-state index contributed by atoms with van der Waals surface area (Å²) >= 11 is 5.30. The first kappa shape index (κ1) is 5.37. The molecule has 0 unspecified atom stereocenters. The molecule has 0 radical (unpaired) electrons. The lowest BCUT2D eigenvalue weighted by molar-refractivity contribution is -0.668. The summed E-state index contributed by atoms with van der Waals surface area (Å²) in [5.41, 5.74) is 0. The average Bonchev–Trinajstić information content (AvgIpc) is 1.85. The molecule has 0 fully saturated rings. The zero-order chi connectivity index (χ0) is 6.15. The highest BCUT2D eigenvalue weighted by molar-refractivity contribution is 6.28. The molecule has 0 aromatic carbocycles. The molecule has 1 heterocycles. The quantitative estimate of drug-likeness (QED) is 0.361. The SMILES string of the molecule is Cn1cc(Cl)[n+]([O-])n1. The van der Waals surface area contributed by atoms with Crippen LogP contribution in [-0.4, -0.2) is 9.90 Å². The lowest BCUT2D eigenvalue weighted by atomic mass is 10.9. The molecule has 0 aliphatic carbocycles. The van der Waals surface area contributed by atoms with E-state index in [1.165, 1.54) is 10.9 Å². The monoisotopic (exact) mass is 133 g/mol. The van der Waals surface area contributed by atoms with Crippen LogP contribution in [-0.2, 0) is 7.05 Å². The summed E-state index contributed by atoms with van der Waals surface area (Å²) in [5, 5.41) is 13.7. The van der Waals surface area contributed by atoms with Crippen LogP contribution in [0, 0.1) is 5.21 Å². The van der Waals surface area contributed by atoms with Crippen molar-refractivity contribution in [3.05, 3.63) is 16.6 Å². The molecule has 4 nitrogen and oxygen atoms in total. The Kier molecular flexibility index (Phi) is 1.09. The lowest BCUT2D eigenvalue weighted by Gasteiger charge is -1.87. The molecule has 0 saturated heterocycles. The van der Waals surface area contributed by atoms with E-state index in [-0.39, 0.29) is 5.15 Å². The normalized spacial score (nSPS) is 9.75. The Hall–Kier alpha value is -0.770. The van der Waals surface area contributed by atoms with E-state index >= 15 is 0 Å². The predicted molar refractivity (Wildman–Crippen MR) is 27.2 cm³/mol. The van der Waals surface area contributed by atoms with E-state index in [1.807, 2.05) is 0 Å². The van der Waals surface area contributed by atoms with Crippen molar-refractivity contribution in [1.82, 2.24) is 9.90 Å². The van der Waals surface area contributed by atoms with Gasteiger partial charge < -0.3 is 5.21 Å². The summed E-state index contributed by atoms with van der Waals surface area (Å²) in [7, 11) is 1.63. The maximum atomic E-state index is 10.3. The minimum Gasteiger partial charge on any atom is -0.690 e. The van der Waals surface area contributed by atoms with Crippen LogP contribution in [0.3, 0.4) is 0 Å². The van der Waals surface area contributed by atoms with Gasteiger partial charge in [-0.1, -0.05) is 0 Å². The minimum absolute atomic E-state index is 0.0903. The molecule has 0 N–H and O–H groups in total. The van der Waals surface area contributed by atoms with Crippen molar-refractivity contribution in [2.45, 2.75) is 0 Å². The lowest BCUT2D eigenvalue weighted by Crippen LogP contribution is -2.29. The Balaban J connectivity index is 3.14. The maximum absolute atomic E-state index is 10.3. The molecule has 1 rings (SSSR count). The fourth-order valence-electron chi connectivity index (χ4n) is 0.400. The van der Waals surface area contributed by atoms with Gasteiger partial charge in [0.1, 0.15) is 7.05 Å². The smallest absolute Gasteiger partial charge is 0.261 e. The van der Waals surface area contributed by atoms with Gasteiger partial charge in [-0.05, 0) is 11.6 Å². The largest absolute Gasteiger partial charge is 0.690 e. The van der Waals surface area contributed by atoms with E-state index in [4.69, 9.17) is 11.6 Å². The van der Waals surface area contributed by atoms with Gasteiger partial charge in [0.2, 0.25) is 0 Å². The van der Waals surface area contributed by atoms with Gasteiger partial charge in [-0.25, -0.2) is 0 Å². The molecule has 0 bridgehead atoms. The number of rotatable bonds is 0. The van der Waals surface area contributed by atoms with Gasteiger partial charge in [-0.2, -0.15) is 0 Å². The van der Waals surface area contributed by atoms with E-state index in [1.54, 1.807) is 7.05 Å². The number of aryl methyl sites for hydroxylation is 1. The predicted octanol–water partition coefficient (Wildman–Crippen LogP) is -0.293. The first-order valence-electron chi connectivity index (χ1n) is 1.99. The Morgan fingerprint density at radius 2 is 2.62 bits per heavy atom. The molecule has 1 aromatic rings. The van der Waals surface area contributed by atoms with Crippen molar-refractivity contribution in [3.63, 3.8) is 0 Å². The second-order valence-electron chi connectivity index (χ2n) is 1.39. The van der Waals surface area contributed by atoms with E-state index in [0.717, 1.165) is 0 Å². The standard InChI is InChI=1S/C3H4ClN3O/c1-6-2-3(4)7(8)5-6/h2H,1H3. The molecule has 44 valence electrons. The van der Waals surface area contributed by atoms with Gasteiger partial charge >= 0.3 is 0 Å². The van der Waals surface area contributed by atoms with Crippen molar-refractivity contribution in [3.8, 4) is 0 Å². The zero-order valence-corrected chi connectivity index (χ0v) is 4.96. The zero-order valence-electron chi connectivity index (χ0n) is 4.21. The summed E-state index contributed by atoms with van der Waals surface area (Å²) in [6.45, 7) is 0.